The highest BCUT2D eigenvalue weighted by Gasteiger charge is 2.12. The molecule has 0 bridgehead atoms. The highest BCUT2D eigenvalue weighted by Crippen LogP contribution is 2.32. The summed E-state index contributed by atoms with van der Waals surface area (Å²) >= 11 is 1.56. The summed E-state index contributed by atoms with van der Waals surface area (Å²) in [5, 5.41) is 4.83. The molecular formula is C16H16N2O2S. The summed E-state index contributed by atoms with van der Waals surface area (Å²) in [6.07, 6.45) is 1.84. The lowest BCUT2D eigenvalue weighted by Crippen LogP contribution is -2.07. The van der Waals surface area contributed by atoms with Crippen LogP contribution in [0, 0.1) is 0 Å². The van der Waals surface area contributed by atoms with Gasteiger partial charge in [-0.05, 0) is 43.5 Å². The molecule has 3 aromatic rings. The van der Waals surface area contributed by atoms with Crippen LogP contribution in [0.25, 0.3) is 21.5 Å². The average Bonchev–Trinajstić information content (AvgIpc) is 3.00. The zero-order valence-corrected chi connectivity index (χ0v) is 13.0. The summed E-state index contributed by atoms with van der Waals surface area (Å²) < 4.78 is 11.2. The molecule has 2 heterocycles. The number of methoxy groups -OCH3 is 1. The van der Waals surface area contributed by atoms with E-state index in [9.17, 15) is 0 Å². The van der Waals surface area contributed by atoms with Crippen molar-refractivity contribution in [2.75, 3.05) is 7.11 Å². The van der Waals surface area contributed by atoms with Crippen LogP contribution in [0.2, 0.25) is 0 Å². The van der Waals surface area contributed by atoms with E-state index in [-0.39, 0.29) is 6.10 Å². The van der Waals surface area contributed by atoms with E-state index in [1.807, 2.05) is 43.5 Å². The maximum absolute atomic E-state index is 5.86. The Morgan fingerprint density at radius 3 is 2.71 bits per heavy atom. The highest BCUT2D eigenvalue weighted by atomic mass is 32.1. The predicted octanol–water partition coefficient (Wildman–Crippen LogP) is 4.15. The fraction of sp³-hybridized carbons (Fsp3) is 0.250. The summed E-state index contributed by atoms with van der Waals surface area (Å²) in [4.78, 5) is 8.95. The third kappa shape index (κ3) is 2.83. The molecule has 0 saturated heterocycles. The first-order chi connectivity index (χ1) is 10.2. The molecule has 0 unspecified atom stereocenters. The van der Waals surface area contributed by atoms with Gasteiger partial charge in [0.1, 0.15) is 16.5 Å². The second kappa shape index (κ2) is 5.69. The number of hydrogen-bond acceptors (Lipinski definition) is 5. The molecule has 0 aliphatic rings. The zero-order chi connectivity index (χ0) is 14.8. The molecule has 0 N–H and O–H groups in total. The molecule has 0 fully saturated rings. The van der Waals surface area contributed by atoms with Crippen molar-refractivity contribution in [3.63, 3.8) is 0 Å². The molecule has 3 rings (SSSR count). The Morgan fingerprint density at radius 2 is 2.05 bits per heavy atom. The molecule has 0 radical (unpaired) electrons. The average molecular weight is 300 g/mol. The third-order valence-electron chi connectivity index (χ3n) is 3.00. The van der Waals surface area contributed by atoms with Crippen molar-refractivity contribution in [2.24, 2.45) is 0 Å². The van der Waals surface area contributed by atoms with Crippen LogP contribution < -0.4 is 9.47 Å². The fourth-order valence-electron chi connectivity index (χ4n) is 2.10. The number of fused-ring (bicyclic) bond motifs is 1. The van der Waals surface area contributed by atoms with E-state index < -0.39 is 0 Å². The van der Waals surface area contributed by atoms with Gasteiger partial charge < -0.3 is 9.47 Å². The standard InChI is InChI=1S/C16H16N2O2S/c1-10(2)20-15-13-5-4-12(19-3)8-11(13)9-14(18-15)16-17-6-7-21-16/h4-10H,1-3H3. The molecule has 1 aromatic carbocycles. The minimum atomic E-state index is 0.0642. The van der Waals surface area contributed by atoms with Gasteiger partial charge in [-0.15, -0.1) is 11.3 Å². The summed E-state index contributed by atoms with van der Waals surface area (Å²) in [6, 6.07) is 7.90. The molecule has 0 atom stereocenters. The molecule has 0 spiro atoms. The van der Waals surface area contributed by atoms with Crippen LogP contribution in [0.15, 0.2) is 35.8 Å². The van der Waals surface area contributed by atoms with Crippen LogP contribution in [-0.4, -0.2) is 23.2 Å². The van der Waals surface area contributed by atoms with Gasteiger partial charge in [0.05, 0.1) is 13.2 Å². The molecule has 5 heteroatoms. The summed E-state index contributed by atoms with van der Waals surface area (Å²) in [6.45, 7) is 3.99. The second-order valence-corrected chi connectivity index (χ2v) is 5.80. The first kappa shape index (κ1) is 13.8. The van der Waals surface area contributed by atoms with Gasteiger partial charge in [0.2, 0.25) is 5.88 Å². The number of thiazole rings is 1. The SMILES string of the molecule is COc1ccc2c(OC(C)C)nc(-c3nccs3)cc2c1. The predicted molar refractivity (Wildman–Crippen MR) is 85.2 cm³/mol. The maximum Gasteiger partial charge on any atom is 0.222 e. The number of aromatic nitrogens is 2. The minimum Gasteiger partial charge on any atom is -0.497 e. The van der Waals surface area contributed by atoms with E-state index in [1.54, 1.807) is 24.6 Å². The largest absolute Gasteiger partial charge is 0.497 e. The molecule has 21 heavy (non-hydrogen) atoms. The summed E-state index contributed by atoms with van der Waals surface area (Å²) in [5.41, 5.74) is 0.821. The molecule has 0 amide bonds. The smallest absolute Gasteiger partial charge is 0.222 e. The number of nitrogens with zero attached hydrogens (tertiary/aromatic N) is 2. The molecule has 2 aromatic heterocycles. The van der Waals surface area contributed by atoms with Gasteiger partial charge in [0.15, 0.2) is 0 Å². The Labute approximate surface area is 127 Å². The van der Waals surface area contributed by atoms with Crippen molar-refractivity contribution in [2.45, 2.75) is 20.0 Å². The lowest BCUT2D eigenvalue weighted by Gasteiger charge is -2.13. The van der Waals surface area contributed by atoms with Gasteiger partial charge >= 0.3 is 0 Å². The quantitative estimate of drug-likeness (QED) is 0.726. The van der Waals surface area contributed by atoms with Crippen molar-refractivity contribution in [3.8, 4) is 22.3 Å². The van der Waals surface area contributed by atoms with Gasteiger partial charge in [-0.25, -0.2) is 9.97 Å². The van der Waals surface area contributed by atoms with E-state index in [4.69, 9.17) is 9.47 Å². The summed E-state index contributed by atoms with van der Waals surface area (Å²) in [5.74, 6) is 1.45. The number of rotatable bonds is 4. The fourth-order valence-corrected chi connectivity index (χ4v) is 2.70. The zero-order valence-electron chi connectivity index (χ0n) is 12.2. The first-order valence-corrected chi connectivity index (χ1v) is 7.60. The van der Waals surface area contributed by atoms with Crippen LogP contribution in [0.3, 0.4) is 0 Å². The number of pyridine rings is 1. The Morgan fingerprint density at radius 1 is 1.19 bits per heavy atom. The Bertz CT molecular complexity index is 754. The van der Waals surface area contributed by atoms with Crippen LogP contribution in [0.4, 0.5) is 0 Å². The van der Waals surface area contributed by atoms with Crippen molar-refractivity contribution in [1.29, 1.82) is 0 Å². The molecule has 0 aliphatic carbocycles. The van der Waals surface area contributed by atoms with Gasteiger partial charge in [-0.2, -0.15) is 0 Å². The van der Waals surface area contributed by atoms with Crippen molar-refractivity contribution in [3.05, 3.63) is 35.8 Å². The van der Waals surface area contributed by atoms with E-state index in [0.29, 0.717) is 5.88 Å². The normalized spacial score (nSPS) is 11.0. The number of ether oxygens (including phenoxy) is 2. The highest BCUT2D eigenvalue weighted by molar-refractivity contribution is 7.13. The number of benzene rings is 1. The van der Waals surface area contributed by atoms with E-state index in [0.717, 1.165) is 27.2 Å². The Kier molecular flexibility index (Phi) is 3.75. The molecule has 4 nitrogen and oxygen atoms in total. The molecular weight excluding hydrogens is 284 g/mol. The van der Waals surface area contributed by atoms with Crippen LogP contribution in [0.1, 0.15) is 13.8 Å². The van der Waals surface area contributed by atoms with Crippen LogP contribution in [0.5, 0.6) is 11.6 Å². The monoisotopic (exact) mass is 300 g/mol. The lowest BCUT2D eigenvalue weighted by atomic mass is 10.1. The molecule has 108 valence electrons. The Balaban J connectivity index is 2.21. The van der Waals surface area contributed by atoms with Gasteiger partial charge in [0, 0.05) is 17.0 Å². The number of hydrogen-bond donors (Lipinski definition) is 0. The Hall–Kier alpha value is -2.14. The maximum atomic E-state index is 5.86. The minimum absolute atomic E-state index is 0.0642. The van der Waals surface area contributed by atoms with Gasteiger partial charge in [0.25, 0.3) is 0 Å². The molecule has 0 aliphatic heterocycles. The van der Waals surface area contributed by atoms with E-state index >= 15 is 0 Å². The van der Waals surface area contributed by atoms with Crippen LogP contribution in [-0.2, 0) is 0 Å². The van der Waals surface area contributed by atoms with Crippen molar-refractivity contribution < 1.29 is 9.47 Å². The van der Waals surface area contributed by atoms with E-state index in [1.165, 1.54) is 0 Å². The van der Waals surface area contributed by atoms with Gasteiger partial charge in [-0.1, -0.05) is 0 Å². The van der Waals surface area contributed by atoms with Gasteiger partial charge in [-0.3, -0.25) is 0 Å². The topological polar surface area (TPSA) is 44.2 Å². The third-order valence-corrected chi connectivity index (χ3v) is 3.80. The van der Waals surface area contributed by atoms with Crippen molar-refractivity contribution in [1.82, 2.24) is 9.97 Å². The summed E-state index contributed by atoms with van der Waals surface area (Å²) in [7, 11) is 1.66. The molecule has 0 saturated carbocycles. The second-order valence-electron chi connectivity index (χ2n) is 4.90. The van der Waals surface area contributed by atoms with Crippen LogP contribution >= 0.6 is 11.3 Å². The van der Waals surface area contributed by atoms with Crippen molar-refractivity contribution >= 4 is 22.1 Å². The van der Waals surface area contributed by atoms with E-state index in [2.05, 4.69) is 9.97 Å². The first-order valence-electron chi connectivity index (χ1n) is 6.72. The lowest BCUT2D eigenvalue weighted by molar-refractivity contribution is 0.236.